The molecule has 7 nitrogen and oxygen atoms in total. The summed E-state index contributed by atoms with van der Waals surface area (Å²) in [6.45, 7) is 8.00. The summed E-state index contributed by atoms with van der Waals surface area (Å²) in [7, 11) is 1.33. The predicted molar refractivity (Wildman–Crippen MR) is 90.3 cm³/mol. The maximum absolute atomic E-state index is 12.6. The van der Waals surface area contributed by atoms with Gasteiger partial charge in [0.1, 0.15) is 5.92 Å². The van der Waals surface area contributed by atoms with Gasteiger partial charge in [-0.25, -0.2) is 4.79 Å². The van der Waals surface area contributed by atoms with E-state index in [1.807, 2.05) is 19.1 Å². The summed E-state index contributed by atoms with van der Waals surface area (Å²) in [5, 5.41) is 2.90. The van der Waals surface area contributed by atoms with Gasteiger partial charge < -0.3 is 19.5 Å². The van der Waals surface area contributed by atoms with Gasteiger partial charge in [-0.2, -0.15) is 0 Å². The molecular formula is C18H22N2O5. The minimum Gasteiger partial charge on any atom is -0.490 e. The van der Waals surface area contributed by atoms with E-state index in [-0.39, 0.29) is 12.6 Å². The number of nitrogens with zero attached hydrogens (tertiary/aromatic N) is 1. The second-order valence-electron chi connectivity index (χ2n) is 6.09. The Morgan fingerprint density at radius 2 is 2.28 bits per heavy atom. The number of para-hydroxylation sites is 1. The molecule has 2 amide bonds. The van der Waals surface area contributed by atoms with Crippen LogP contribution >= 0.6 is 0 Å². The van der Waals surface area contributed by atoms with Crippen molar-refractivity contribution in [2.75, 3.05) is 20.3 Å². The summed E-state index contributed by atoms with van der Waals surface area (Å²) < 4.78 is 16.9. The van der Waals surface area contributed by atoms with Gasteiger partial charge >= 0.3 is 12.0 Å². The fraction of sp³-hybridized carbons (Fsp3) is 0.444. The summed E-state index contributed by atoms with van der Waals surface area (Å²) in [5.41, 5.74) is -0.514. The van der Waals surface area contributed by atoms with Crippen molar-refractivity contribution in [1.29, 1.82) is 0 Å². The summed E-state index contributed by atoms with van der Waals surface area (Å²) in [5.74, 6) is -0.0612. The van der Waals surface area contributed by atoms with Gasteiger partial charge in [0.2, 0.25) is 0 Å². The van der Waals surface area contributed by atoms with E-state index in [4.69, 9.17) is 14.2 Å². The smallest absolute Gasteiger partial charge is 0.321 e. The summed E-state index contributed by atoms with van der Waals surface area (Å²) in [4.78, 5) is 26.6. The first kappa shape index (κ1) is 17.1. The van der Waals surface area contributed by atoms with E-state index in [2.05, 4.69) is 11.9 Å². The number of benzene rings is 1. The van der Waals surface area contributed by atoms with Crippen LogP contribution in [0.15, 0.2) is 30.9 Å². The zero-order chi connectivity index (χ0) is 18.2. The van der Waals surface area contributed by atoms with Gasteiger partial charge in [0.25, 0.3) is 0 Å². The van der Waals surface area contributed by atoms with E-state index in [9.17, 15) is 9.59 Å². The molecule has 0 unspecified atom stereocenters. The second kappa shape index (κ2) is 6.31. The van der Waals surface area contributed by atoms with Crippen LogP contribution in [0.4, 0.5) is 4.79 Å². The molecule has 0 aromatic heterocycles. The van der Waals surface area contributed by atoms with Gasteiger partial charge in [-0.05, 0) is 19.9 Å². The highest BCUT2D eigenvalue weighted by molar-refractivity contribution is 5.84. The highest BCUT2D eigenvalue weighted by atomic mass is 16.6. The van der Waals surface area contributed by atoms with Crippen molar-refractivity contribution in [3.05, 3.63) is 36.4 Å². The highest BCUT2D eigenvalue weighted by Crippen LogP contribution is 2.51. The Morgan fingerprint density at radius 3 is 2.92 bits per heavy atom. The van der Waals surface area contributed by atoms with Crippen molar-refractivity contribution in [2.24, 2.45) is 5.92 Å². The number of rotatable bonds is 5. The SMILES string of the molecule is C=CCN1C(=O)N[C@H]2c3cccc(OCC)c3O[C@@]1(C)[C@H]2C(=O)OC. The first-order valence-electron chi connectivity index (χ1n) is 8.19. The molecule has 1 N–H and O–H groups in total. The van der Waals surface area contributed by atoms with Crippen LogP contribution in [0.1, 0.15) is 25.5 Å². The molecule has 0 aliphatic carbocycles. The van der Waals surface area contributed by atoms with E-state index >= 15 is 0 Å². The van der Waals surface area contributed by atoms with E-state index in [1.54, 1.807) is 19.1 Å². The number of carbonyl (C=O) groups excluding carboxylic acids is 2. The molecule has 1 aromatic carbocycles. The third-order valence-electron chi connectivity index (χ3n) is 4.69. The minimum absolute atomic E-state index is 0.231. The normalized spacial score (nSPS) is 26.8. The molecule has 134 valence electrons. The van der Waals surface area contributed by atoms with E-state index in [0.29, 0.717) is 23.7 Å². The second-order valence-corrected chi connectivity index (χ2v) is 6.09. The number of nitrogens with one attached hydrogen (secondary N) is 1. The fourth-order valence-corrected chi connectivity index (χ4v) is 3.59. The van der Waals surface area contributed by atoms with Gasteiger partial charge in [-0.15, -0.1) is 6.58 Å². The standard InChI is InChI=1S/C18H22N2O5/c1-5-10-20-17(22)19-14-11-8-7-9-12(24-6-2)15(11)25-18(20,3)13(14)16(21)23-4/h5,7-9,13-14H,1,6,10H2,2-4H3,(H,19,22)/t13-,14+,18+/m1/s1. The van der Waals surface area contributed by atoms with Gasteiger partial charge in [-0.3, -0.25) is 9.69 Å². The maximum atomic E-state index is 12.6. The number of esters is 1. The number of urea groups is 1. The summed E-state index contributed by atoms with van der Waals surface area (Å²) >= 11 is 0. The molecule has 0 radical (unpaired) electrons. The van der Waals surface area contributed by atoms with Gasteiger partial charge in [0.15, 0.2) is 17.2 Å². The molecular weight excluding hydrogens is 324 g/mol. The maximum Gasteiger partial charge on any atom is 0.321 e. The number of amides is 2. The van der Waals surface area contributed by atoms with Crippen LogP contribution in [0, 0.1) is 5.92 Å². The Balaban J connectivity index is 2.18. The van der Waals surface area contributed by atoms with Crippen LogP contribution in [0.5, 0.6) is 11.5 Å². The largest absolute Gasteiger partial charge is 0.490 e. The quantitative estimate of drug-likeness (QED) is 0.653. The van der Waals surface area contributed by atoms with Crippen molar-refractivity contribution in [3.63, 3.8) is 0 Å². The van der Waals surface area contributed by atoms with Crippen LogP contribution < -0.4 is 14.8 Å². The van der Waals surface area contributed by atoms with Gasteiger partial charge in [0.05, 0.1) is 19.8 Å². The number of fused-ring (bicyclic) bond motifs is 4. The number of methoxy groups -OCH3 is 1. The molecule has 3 atom stereocenters. The van der Waals surface area contributed by atoms with Crippen LogP contribution in [0.3, 0.4) is 0 Å². The Labute approximate surface area is 146 Å². The van der Waals surface area contributed by atoms with Crippen molar-refractivity contribution in [3.8, 4) is 11.5 Å². The fourth-order valence-electron chi connectivity index (χ4n) is 3.59. The predicted octanol–water partition coefficient (Wildman–Crippen LogP) is 2.24. The Kier molecular flexibility index (Phi) is 4.32. The molecule has 2 aliphatic heterocycles. The number of hydrogen-bond donors (Lipinski definition) is 1. The molecule has 25 heavy (non-hydrogen) atoms. The third-order valence-corrected chi connectivity index (χ3v) is 4.69. The molecule has 3 rings (SSSR count). The minimum atomic E-state index is -1.21. The lowest BCUT2D eigenvalue weighted by molar-refractivity contribution is -0.175. The first-order chi connectivity index (χ1) is 12.0. The van der Waals surface area contributed by atoms with E-state index in [1.165, 1.54) is 12.0 Å². The summed E-state index contributed by atoms with van der Waals surface area (Å²) in [6, 6.07) is 4.56. The Bertz CT molecular complexity index is 719. The van der Waals surface area contributed by atoms with Crippen molar-refractivity contribution in [2.45, 2.75) is 25.6 Å². The van der Waals surface area contributed by atoms with E-state index in [0.717, 1.165) is 0 Å². The highest BCUT2D eigenvalue weighted by Gasteiger charge is 2.60. The number of carbonyl (C=O) groups is 2. The zero-order valence-electron chi connectivity index (χ0n) is 14.6. The molecule has 2 heterocycles. The van der Waals surface area contributed by atoms with Gasteiger partial charge in [0, 0.05) is 12.1 Å². The monoisotopic (exact) mass is 346 g/mol. The van der Waals surface area contributed by atoms with Crippen LogP contribution in [-0.2, 0) is 9.53 Å². The molecule has 0 saturated carbocycles. The molecule has 0 spiro atoms. The average Bonchev–Trinajstić information content (AvgIpc) is 2.59. The molecule has 7 heteroatoms. The Morgan fingerprint density at radius 1 is 1.52 bits per heavy atom. The Hall–Kier alpha value is -2.70. The third kappa shape index (κ3) is 2.50. The van der Waals surface area contributed by atoms with Crippen LogP contribution in [-0.4, -0.2) is 42.9 Å². The first-order valence-corrected chi connectivity index (χ1v) is 8.19. The van der Waals surface area contributed by atoms with Gasteiger partial charge in [-0.1, -0.05) is 18.2 Å². The lowest BCUT2D eigenvalue weighted by Gasteiger charge is -2.54. The van der Waals surface area contributed by atoms with Crippen LogP contribution in [0.2, 0.25) is 0 Å². The van der Waals surface area contributed by atoms with E-state index < -0.39 is 23.7 Å². The molecule has 1 fully saturated rings. The van der Waals surface area contributed by atoms with Crippen molar-refractivity contribution >= 4 is 12.0 Å². The lowest BCUT2D eigenvalue weighted by atomic mass is 9.79. The zero-order valence-corrected chi connectivity index (χ0v) is 14.6. The topological polar surface area (TPSA) is 77.1 Å². The number of ether oxygens (including phenoxy) is 3. The lowest BCUT2D eigenvalue weighted by Crippen LogP contribution is -2.71. The number of hydrogen-bond acceptors (Lipinski definition) is 5. The van der Waals surface area contributed by atoms with Crippen molar-refractivity contribution < 1.29 is 23.8 Å². The molecule has 1 saturated heterocycles. The molecule has 1 aromatic rings. The summed E-state index contributed by atoms with van der Waals surface area (Å²) in [6.07, 6.45) is 1.59. The van der Waals surface area contributed by atoms with Crippen LogP contribution in [0.25, 0.3) is 0 Å². The van der Waals surface area contributed by atoms with Crippen molar-refractivity contribution in [1.82, 2.24) is 10.2 Å². The average molecular weight is 346 g/mol. The molecule has 2 bridgehead atoms. The molecule has 2 aliphatic rings.